The smallest absolute Gasteiger partial charge is 0.246 e. The molecule has 1 aliphatic heterocycles. The van der Waals surface area contributed by atoms with E-state index in [1.165, 1.54) is 0 Å². The van der Waals surface area contributed by atoms with E-state index in [4.69, 9.17) is 5.73 Å². The molecule has 0 bridgehead atoms. The molecule has 2 N–H and O–H groups in total. The molecule has 2 aromatic rings. The zero-order valence-electron chi connectivity index (χ0n) is 14.0. The number of hydrogen-bond acceptors (Lipinski definition) is 3. The number of carbonyl (C=O) groups is 1. The molecule has 3 rings (SSSR count). The van der Waals surface area contributed by atoms with E-state index in [2.05, 4.69) is 4.98 Å². The lowest BCUT2D eigenvalue weighted by atomic mass is 9.92. The first-order valence-corrected chi connectivity index (χ1v) is 8.44. The Kier molecular flexibility index (Phi) is 5.11. The lowest BCUT2D eigenvalue weighted by molar-refractivity contribution is -0.127. The van der Waals surface area contributed by atoms with Crippen LogP contribution in [0.2, 0.25) is 0 Å². The average molecular weight is 324 g/mol. The number of likely N-dealkylation sites (tertiary alicyclic amines) is 1. The summed E-state index contributed by atoms with van der Waals surface area (Å²) >= 11 is 0. The first-order chi connectivity index (χ1) is 11.6. The van der Waals surface area contributed by atoms with E-state index in [0.29, 0.717) is 5.92 Å². The highest BCUT2D eigenvalue weighted by atomic mass is 16.2. The van der Waals surface area contributed by atoms with Crippen LogP contribution in [0.4, 0.5) is 0 Å². The maximum Gasteiger partial charge on any atom is 0.246 e. The molecule has 1 aromatic carbocycles. The Bertz CT molecular complexity index is 689. The number of benzene rings is 1. The Morgan fingerprint density at radius 2 is 2.17 bits per heavy atom. The molecule has 1 aromatic heterocycles. The van der Waals surface area contributed by atoms with E-state index in [0.717, 1.165) is 37.2 Å². The van der Waals surface area contributed by atoms with Crippen LogP contribution >= 0.6 is 0 Å². The van der Waals surface area contributed by atoms with Crippen LogP contribution in [0.25, 0.3) is 11.8 Å². The van der Waals surface area contributed by atoms with Gasteiger partial charge in [-0.15, -0.1) is 0 Å². The SMILES string of the molecule is CC(N)C1CCCN(C(=O)/C=C/c2ccc(-n3ccnc3)cc2)C1. The molecule has 1 fully saturated rings. The third-order valence-electron chi connectivity index (χ3n) is 4.63. The van der Waals surface area contributed by atoms with Gasteiger partial charge in [-0.25, -0.2) is 4.98 Å². The van der Waals surface area contributed by atoms with Crippen molar-refractivity contribution in [2.24, 2.45) is 11.7 Å². The number of amides is 1. The Morgan fingerprint density at radius 3 is 2.83 bits per heavy atom. The maximum atomic E-state index is 12.4. The van der Waals surface area contributed by atoms with Crippen molar-refractivity contribution in [3.8, 4) is 5.69 Å². The molecule has 0 aliphatic carbocycles. The van der Waals surface area contributed by atoms with E-state index in [1.54, 1.807) is 18.6 Å². The van der Waals surface area contributed by atoms with Crippen LogP contribution in [-0.2, 0) is 4.79 Å². The molecule has 24 heavy (non-hydrogen) atoms. The van der Waals surface area contributed by atoms with Crippen molar-refractivity contribution in [2.75, 3.05) is 13.1 Å². The van der Waals surface area contributed by atoms with Crippen molar-refractivity contribution < 1.29 is 4.79 Å². The molecular weight excluding hydrogens is 300 g/mol. The summed E-state index contributed by atoms with van der Waals surface area (Å²) in [4.78, 5) is 18.3. The summed E-state index contributed by atoms with van der Waals surface area (Å²) in [5.74, 6) is 0.476. The molecule has 2 heterocycles. The first-order valence-electron chi connectivity index (χ1n) is 8.44. The van der Waals surface area contributed by atoms with E-state index >= 15 is 0 Å². The summed E-state index contributed by atoms with van der Waals surface area (Å²) in [6.45, 7) is 3.61. The van der Waals surface area contributed by atoms with Crippen molar-refractivity contribution in [3.05, 3.63) is 54.6 Å². The van der Waals surface area contributed by atoms with Crippen LogP contribution in [0, 0.1) is 5.92 Å². The molecule has 2 unspecified atom stereocenters. The maximum absolute atomic E-state index is 12.4. The molecule has 0 radical (unpaired) electrons. The van der Waals surface area contributed by atoms with E-state index in [-0.39, 0.29) is 11.9 Å². The Balaban J connectivity index is 1.61. The molecule has 2 atom stereocenters. The number of hydrogen-bond donors (Lipinski definition) is 1. The highest BCUT2D eigenvalue weighted by molar-refractivity contribution is 5.91. The van der Waals surface area contributed by atoms with Crippen molar-refractivity contribution in [2.45, 2.75) is 25.8 Å². The zero-order valence-corrected chi connectivity index (χ0v) is 14.0. The van der Waals surface area contributed by atoms with Gasteiger partial charge in [0.1, 0.15) is 0 Å². The third kappa shape index (κ3) is 3.92. The van der Waals surface area contributed by atoms with Gasteiger partial charge in [0.05, 0.1) is 6.33 Å². The van der Waals surface area contributed by atoms with Gasteiger partial charge in [0, 0.05) is 43.3 Å². The van der Waals surface area contributed by atoms with Crippen molar-refractivity contribution in [3.63, 3.8) is 0 Å². The highest BCUT2D eigenvalue weighted by Crippen LogP contribution is 2.19. The summed E-state index contributed by atoms with van der Waals surface area (Å²) in [7, 11) is 0. The van der Waals surface area contributed by atoms with Gasteiger partial charge < -0.3 is 15.2 Å². The molecule has 1 amide bonds. The minimum absolute atomic E-state index is 0.0686. The second kappa shape index (κ2) is 7.45. The number of carbonyl (C=O) groups excluding carboxylic acids is 1. The lowest BCUT2D eigenvalue weighted by Gasteiger charge is -2.34. The summed E-state index contributed by atoms with van der Waals surface area (Å²) in [5.41, 5.74) is 8.04. The topological polar surface area (TPSA) is 64.2 Å². The highest BCUT2D eigenvalue weighted by Gasteiger charge is 2.24. The number of aromatic nitrogens is 2. The van der Waals surface area contributed by atoms with E-state index in [9.17, 15) is 4.79 Å². The van der Waals surface area contributed by atoms with Gasteiger partial charge in [0.2, 0.25) is 5.91 Å². The Labute approximate surface area is 142 Å². The molecule has 1 aliphatic rings. The monoisotopic (exact) mass is 324 g/mol. The molecule has 5 nitrogen and oxygen atoms in total. The summed E-state index contributed by atoms with van der Waals surface area (Å²) < 4.78 is 1.94. The van der Waals surface area contributed by atoms with Gasteiger partial charge in [-0.05, 0) is 49.5 Å². The van der Waals surface area contributed by atoms with E-state index < -0.39 is 0 Å². The first kappa shape index (κ1) is 16.5. The molecule has 0 spiro atoms. The number of rotatable bonds is 4. The van der Waals surface area contributed by atoms with Gasteiger partial charge in [-0.1, -0.05) is 12.1 Å². The Morgan fingerprint density at radius 1 is 1.38 bits per heavy atom. The largest absolute Gasteiger partial charge is 0.339 e. The summed E-state index contributed by atoms with van der Waals surface area (Å²) in [6.07, 6.45) is 11.1. The Hall–Kier alpha value is -2.40. The predicted molar refractivity (Wildman–Crippen MR) is 95.6 cm³/mol. The number of nitrogens with two attached hydrogens (primary N) is 1. The second-order valence-electron chi connectivity index (χ2n) is 6.44. The van der Waals surface area contributed by atoms with E-state index in [1.807, 2.05) is 52.9 Å². The van der Waals surface area contributed by atoms with Crippen molar-refractivity contribution in [1.82, 2.24) is 14.5 Å². The molecule has 126 valence electrons. The van der Waals surface area contributed by atoms with Gasteiger partial charge in [0.15, 0.2) is 0 Å². The standard InChI is InChI=1S/C19H24N4O/c1-15(20)17-3-2-11-22(13-17)19(24)9-6-16-4-7-18(8-5-16)23-12-10-21-14-23/h4-10,12,14-15,17H,2-3,11,13,20H2,1H3/b9-6+. The quantitative estimate of drug-likeness (QED) is 0.879. The fraction of sp³-hybridized carbons (Fsp3) is 0.368. The fourth-order valence-corrected chi connectivity index (χ4v) is 3.08. The third-order valence-corrected chi connectivity index (χ3v) is 4.63. The van der Waals surface area contributed by atoms with Gasteiger partial charge in [-0.2, -0.15) is 0 Å². The lowest BCUT2D eigenvalue weighted by Crippen LogP contribution is -2.44. The van der Waals surface area contributed by atoms with Gasteiger partial charge in [0.25, 0.3) is 0 Å². The van der Waals surface area contributed by atoms with Gasteiger partial charge >= 0.3 is 0 Å². The average Bonchev–Trinajstić information content (AvgIpc) is 3.15. The van der Waals surface area contributed by atoms with Crippen molar-refractivity contribution >= 4 is 12.0 Å². The minimum atomic E-state index is 0.0686. The molecule has 0 saturated carbocycles. The van der Waals surface area contributed by atoms with Crippen LogP contribution in [-0.4, -0.2) is 39.5 Å². The number of nitrogens with zero attached hydrogens (tertiary/aromatic N) is 3. The van der Waals surface area contributed by atoms with Crippen LogP contribution in [0.5, 0.6) is 0 Å². The normalized spacial score (nSPS) is 19.6. The molecule has 1 saturated heterocycles. The summed E-state index contributed by atoms with van der Waals surface area (Å²) in [5, 5.41) is 0. The number of imidazole rings is 1. The predicted octanol–water partition coefficient (Wildman–Crippen LogP) is 2.47. The molecular formula is C19H24N4O. The summed E-state index contributed by atoms with van der Waals surface area (Å²) in [6, 6.07) is 8.16. The molecule has 5 heteroatoms. The zero-order chi connectivity index (χ0) is 16.9. The minimum Gasteiger partial charge on any atom is -0.339 e. The van der Waals surface area contributed by atoms with Gasteiger partial charge in [-0.3, -0.25) is 4.79 Å². The fourth-order valence-electron chi connectivity index (χ4n) is 3.08. The van der Waals surface area contributed by atoms with Crippen LogP contribution in [0.3, 0.4) is 0 Å². The van der Waals surface area contributed by atoms with Crippen LogP contribution < -0.4 is 5.73 Å². The van der Waals surface area contributed by atoms with Crippen LogP contribution in [0.1, 0.15) is 25.3 Å². The number of piperidine rings is 1. The second-order valence-corrected chi connectivity index (χ2v) is 6.44. The van der Waals surface area contributed by atoms with Crippen LogP contribution in [0.15, 0.2) is 49.1 Å². The van der Waals surface area contributed by atoms with Crippen molar-refractivity contribution in [1.29, 1.82) is 0 Å².